The smallest absolute Gasteiger partial charge is 0.176 e. The minimum Gasteiger partial charge on any atom is -0.377 e. The second-order valence-electron chi connectivity index (χ2n) is 4.89. The van der Waals surface area contributed by atoms with Gasteiger partial charge in [-0.3, -0.25) is 9.69 Å². The van der Waals surface area contributed by atoms with Gasteiger partial charge in [-0.25, -0.2) is 0 Å². The molecule has 0 amide bonds. The molecular weight excluding hydrogens is 306 g/mol. The van der Waals surface area contributed by atoms with Crippen LogP contribution in [-0.2, 0) is 4.74 Å². The maximum Gasteiger partial charge on any atom is 0.176 e. The van der Waals surface area contributed by atoms with Crippen LogP contribution in [0.4, 0.5) is 0 Å². The maximum absolute atomic E-state index is 12.2. The summed E-state index contributed by atoms with van der Waals surface area (Å²) >= 11 is 3.38. The van der Waals surface area contributed by atoms with Crippen molar-refractivity contribution < 1.29 is 9.53 Å². The lowest BCUT2D eigenvalue weighted by atomic mass is 10.1. The summed E-state index contributed by atoms with van der Waals surface area (Å²) in [6, 6.07) is 7.55. The molecule has 104 valence electrons. The predicted molar refractivity (Wildman–Crippen MR) is 79.6 cm³/mol. The van der Waals surface area contributed by atoms with Gasteiger partial charge in [-0.2, -0.15) is 0 Å². The van der Waals surface area contributed by atoms with Crippen molar-refractivity contribution in [3.8, 4) is 0 Å². The number of ketones is 1. The van der Waals surface area contributed by atoms with E-state index < -0.39 is 0 Å². The molecule has 0 spiro atoms. The zero-order valence-electron chi connectivity index (χ0n) is 11.3. The molecule has 1 unspecified atom stereocenters. The third-order valence-electron chi connectivity index (χ3n) is 3.47. The van der Waals surface area contributed by atoms with Gasteiger partial charge in [0.2, 0.25) is 0 Å². The minimum absolute atomic E-state index is 0.173. The lowest BCUT2D eigenvalue weighted by molar-refractivity contribution is 0.0686. The molecule has 1 heterocycles. The summed E-state index contributed by atoms with van der Waals surface area (Å²) in [5, 5.41) is 0. The molecule has 1 saturated heterocycles. The number of hydrogen-bond acceptors (Lipinski definition) is 3. The molecule has 1 fully saturated rings. The van der Waals surface area contributed by atoms with Crippen molar-refractivity contribution in [1.29, 1.82) is 0 Å². The predicted octanol–water partition coefficient (Wildman–Crippen LogP) is 3.13. The van der Waals surface area contributed by atoms with Gasteiger partial charge in [0.1, 0.15) is 0 Å². The zero-order chi connectivity index (χ0) is 13.7. The van der Waals surface area contributed by atoms with Crippen LogP contribution in [-0.4, -0.2) is 43.0 Å². The summed E-state index contributed by atoms with van der Waals surface area (Å²) in [7, 11) is 0. The number of likely N-dealkylation sites (N-methyl/N-ethyl adjacent to an activating group) is 1. The van der Waals surface area contributed by atoms with Crippen LogP contribution in [0.25, 0.3) is 0 Å². The third-order valence-corrected chi connectivity index (χ3v) is 4.00. The van der Waals surface area contributed by atoms with Crippen LogP contribution in [0.3, 0.4) is 0 Å². The summed E-state index contributed by atoms with van der Waals surface area (Å²) in [5.74, 6) is 0.173. The fraction of sp³-hybridized carbons (Fsp3) is 0.533. The Morgan fingerprint density at radius 1 is 1.42 bits per heavy atom. The highest BCUT2D eigenvalue weighted by molar-refractivity contribution is 9.10. The highest BCUT2D eigenvalue weighted by Crippen LogP contribution is 2.14. The van der Waals surface area contributed by atoms with Gasteiger partial charge in [0, 0.05) is 23.2 Å². The van der Waals surface area contributed by atoms with Crippen LogP contribution in [0.1, 0.15) is 30.1 Å². The Bertz CT molecular complexity index is 413. The molecule has 1 atom stereocenters. The number of Topliss-reactive ketones (excluding diaryl/α,β-unsaturated/α-hetero) is 1. The van der Waals surface area contributed by atoms with E-state index >= 15 is 0 Å². The largest absolute Gasteiger partial charge is 0.377 e. The molecule has 1 aliphatic rings. The van der Waals surface area contributed by atoms with Gasteiger partial charge in [0.25, 0.3) is 0 Å². The fourth-order valence-corrected chi connectivity index (χ4v) is 2.58. The van der Waals surface area contributed by atoms with Gasteiger partial charge in [-0.1, -0.05) is 35.0 Å². The van der Waals surface area contributed by atoms with Crippen LogP contribution in [0.5, 0.6) is 0 Å². The van der Waals surface area contributed by atoms with Crippen LogP contribution in [0.15, 0.2) is 28.7 Å². The zero-order valence-corrected chi connectivity index (χ0v) is 12.9. The number of ether oxygens (including phenoxy) is 1. The summed E-state index contributed by atoms with van der Waals surface area (Å²) in [5.41, 5.74) is 0.772. The first kappa shape index (κ1) is 14.7. The molecule has 0 bridgehead atoms. The second-order valence-corrected chi connectivity index (χ2v) is 5.81. The van der Waals surface area contributed by atoms with Gasteiger partial charge < -0.3 is 4.74 Å². The number of benzene rings is 1. The molecule has 0 saturated carbocycles. The Balaban J connectivity index is 1.89. The lowest BCUT2D eigenvalue weighted by Crippen LogP contribution is -2.36. The van der Waals surface area contributed by atoms with E-state index in [1.54, 1.807) is 0 Å². The lowest BCUT2D eigenvalue weighted by Gasteiger charge is -2.22. The SMILES string of the molecule is CCN(CC(=O)c1ccc(Br)cc1)CC1CCCO1. The van der Waals surface area contributed by atoms with Crippen molar-refractivity contribution in [2.45, 2.75) is 25.9 Å². The number of hydrogen-bond donors (Lipinski definition) is 0. The standard InChI is InChI=1S/C15H20BrNO2/c1-2-17(10-14-4-3-9-19-14)11-15(18)12-5-7-13(16)8-6-12/h5-8,14H,2-4,9-11H2,1H3. The van der Waals surface area contributed by atoms with E-state index in [1.165, 1.54) is 0 Å². The van der Waals surface area contributed by atoms with Crippen LogP contribution in [0, 0.1) is 0 Å². The first-order valence-electron chi connectivity index (χ1n) is 6.81. The summed E-state index contributed by atoms with van der Waals surface area (Å²) in [6.45, 7) is 5.16. The molecule has 1 aromatic rings. The van der Waals surface area contributed by atoms with Gasteiger partial charge in [-0.15, -0.1) is 0 Å². The molecular formula is C15H20BrNO2. The molecule has 1 aliphatic heterocycles. The van der Waals surface area contributed by atoms with Gasteiger partial charge >= 0.3 is 0 Å². The molecule has 2 rings (SSSR count). The molecule has 4 heteroatoms. The number of halogens is 1. The van der Waals surface area contributed by atoms with Gasteiger partial charge in [0.15, 0.2) is 5.78 Å². The highest BCUT2D eigenvalue weighted by atomic mass is 79.9. The average molecular weight is 326 g/mol. The number of carbonyl (C=O) groups is 1. The van der Waals surface area contributed by atoms with Gasteiger partial charge in [-0.05, 0) is 31.5 Å². The van der Waals surface area contributed by atoms with E-state index in [2.05, 4.69) is 27.8 Å². The van der Waals surface area contributed by atoms with Crippen LogP contribution < -0.4 is 0 Å². The normalized spacial score (nSPS) is 19.0. The maximum atomic E-state index is 12.2. The Hall–Kier alpha value is -0.710. The average Bonchev–Trinajstić information content (AvgIpc) is 2.91. The molecule has 0 radical (unpaired) electrons. The van der Waals surface area contributed by atoms with Crippen LogP contribution >= 0.6 is 15.9 Å². The van der Waals surface area contributed by atoms with E-state index in [0.29, 0.717) is 12.6 Å². The van der Waals surface area contributed by atoms with Crippen molar-refractivity contribution in [2.75, 3.05) is 26.2 Å². The Kier molecular flexibility index (Phi) is 5.55. The van der Waals surface area contributed by atoms with E-state index in [-0.39, 0.29) is 5.78 Å². The van der Waals surface area contributed by atoms with Crippen molar-refractivity contribution in [2.24, 2.45) is 0 Å². The molecule has 1 aromatic carbocycles. The molecule has 0 aliphatic carbocycles. The third kappa shape index (κ3) is 4.41. The van der Waals surface area contributed by atoms with Crippen LogP contribution in [0.2, 0.25) is 0 Å². The van der Waals surface area contributed by atoms with E-state index in [4.69, 9.17) is 4.74 Å². The van der Waals surface area contributed by atoms with E-state index in [0.717, 1.165) is 42.6 Å². The quantitative estimate of drug-likeness (QED) is 0.752. The summed E-state index contributed by atoms with van der Waals surface area (Å²) in [4.78, 5) is 14.4. The second kappa shape index (κ2) is 7.17. The Labute approximate surface area is 123 Å². The van der Waals surface area contributed by atoms with Crippen molar-refractivity contribution in [1.82, 2.24) is 4.90 Å². The molecule has 19 heavy (non-hydrogen) atoms. The minimum atomic E-state index is 0.173. The number of carbonyl (C=O) groups excluding carboxylic acids is 1. The number of rotatable bonds is 6. The van der Waals surface area contributed by atoms with Crippen molar-refractivity contribution >= 4 is 21.7 Å². The van der Waals surface area contributed by atoms with Crippen molar-refractivity contribution in [3.63, 3.8) is 0 Å². The van der Waals surface area contributed by atoms with E-state index in [9.17, 15) is 4.79 Å². The molecule has 3 nitrogen and oxygen atoms in total. The summed E-state index contributed by atoms with van der Waals surface area (Å²) < 4.78 is 6.63. The Morgan fingerprint density at radius 3 is 2.74 bits per heavy atom. The highest BCUT2D eigenvalue weighted by Gasteiger charge is 2.20. The number of nitrogens with zero attached hydrogens (tertiary/aromatic N) is 1. The van der Waals surface area contributed by atoms with E-state index in [1.807, 2.05) is 24.3 Å². The van der Waals surface area contributed by atoms with Gasteiger partial charge in [0.05, 0.1) is 12.6 Å². The molecule has 0 N–H and O–H groups in total. The summed E-state index contributed by atoms with van der Waals surface area (Å²) in [6.07, 6.45) is 2.56. The topological polar surface area (TPSA) is 29.5 Å². The first-order valence-corrected chi connectivity index (χ1v) is 7.61. The fourth-order valence-electron chi connectivity index (χ4n) is 2.31. The van der Waals surface area contributed by atoms with Crippen molar-refractivity contribution in [3.05, 3.63) is 34.3 Å². The first-order chi connectivity index (χ1) is 9.19. The monoisotopic (exact) mass is 325 g/mol. The Morgan fingerprint density at radius 2 is 2.16 bits per heavy atom. The molecule has 0 aromatic heterocycles.